The standard InChI is InChI=1S/C15H18FN3O2/c16-11-1-3-12(4-2-11)19-6-5-13(15(19)21)14(20)18-9-10-7-17-8-10/h1-4,10,13,17H,5-9H2,(H,18,20). The van der Waals surface area contributed by atoms with Gasteiger partial charge in [0.1, 0.15) is 11.7 Å². The lowest BCUT2D eigenvalue weighted by atomic mass is 10.0. The molecule has 2 heterocycles. The van der Waals surface area contributed by atoms with Crippen molar-refractivity contribution in [3.8, 4) is 0 Å². The van der Waals surface area contributed by atoms with Gasteiger partial charge in [-0.3, -0.25) is 9.59 Å². The molecule has 2 N–H and O–H groups in total. The van der Waals surface area contributed by atoms with Crippen molar-refractivity contribution < 1.29 is 14.0 Å². The van der Waals surface area contributed by atoms with Gasteiger partial charge in [0.25, 0.3) is 0 Å². The van der Waals surface area contributed by atoms with E-state index in [0.29, 0.717) is 31.1 Å². The first kappa shape index (κ1) is 14.0. The number of carbonyl (C=O) groups excluding carboxylic acids is 2. The summed E-state index contributed by atoms with van der Waals surface area (Å²) < 4.78 is 12.9. The highest BCUT2D eigenvalue weighted by molar-refractivity contribution is 6.09. The molecule has 0 aliphatic carbocycles. The molecule has 1 aromatic carbocycles. The molecule has 6 heteroatoms. The van der Waals surface area contributed by atoms with E-state index in [-0.39, 0.29) is 17.6 Å². The maximum Gasteiger partial charge on any atom is 0.239 e. The zero-order valence-electron chi connectivity index (χ0n) is 11.6. The fourth-order valence-electron chi connectivity index (χ4n) is 2.66. The number of rotatable bonds is 4. The Morgan fingerprint density at radius 1 is 1.33 bits per heavy atom. The van der Waals surface area contributed by atoms with Crippen molar-refractivity contribution in [2.45, 2.75) is 6.42 Å². The summed E-state index contributed by atoms with van der Waals surface area (Å²) in [6, 6.07) is 5.76. The largest absolute Gasteiger partial charge is 0.355 e. The first-order chi connectivity index (χ1) is 10.1. The molecule has 1 atom stereocenters. The van der Waals surface area contributed by atoms with Crippen LogP contribution >= 0.6 is 0 Å². The van der Waals surface area contributed by atoms with Crippen LogP contribution in [0.25, 0.3) is 0 Å². The Bertz CT molecular complexity index is 542. The molecule has 2 amide bonds. The maximum absolute atomic E-state index is 12.9. The molecule has 1 aromatic rings. The van der Waals surface area contributed by atoms with Gasteiger partial charge in [0.05, 0.1) is 0 Å². The van der Waals surface area contributed by atoms with Crippen LogP contribution in [0.3, 0.4) is 0 Å². The number of nitrogens with zero attached hydrogens (tertiary/aromatic N) is 1. The lowest BCUT2D eigenvalue weighted by Crippen LogP contribution is -2.49. The van der Waals surface area contributed by atoms with Crippen LogP contribution in [0.1, 0.15) is 6.42 Å². The van der Waals surface area contributed by atoms with Gasteiger partial charge in [0.15, 0.2) is 0 Å². The molecule has 3 rings (SSSR count). The van der Waals surface area contributed by atoms with Crippen LogP contribution in [0.15, 0.2) is 24.3 Å². The second kappa shape index (κ2) is 5.81. The van der Waals surface area contributed by atoms with E-state index in [0.717, 1.165) is 13.1 Å². The fraction of sp³-hybridized carbons (Fsp3) is 0.467. The SMILES string of the molecule is O=C(NCC1CNC1)C1CCN(c2ccc(F)cc2)C1=O. The monoisotopic (exact) mass is 291 g/mol. The highest BCUT2D eigenvalue weighted by Crippen LogP contribution is 2.25. The molecular weight excluding hydrogens is 273 g/mol. The summed E-state index contributed by atoms with van der Waals surface area (Å²) >= 11 is 0. The Morgan fingerprint density at radius 3 is 2.67 bits per heavy atom. The van der Waals surface area contributed by atoms with E-state index in [2.05, 4.69) is 10.6 Å². The van der Waals surface area contributed by atoms with Crippen molar-refractivity contribution in [3.63, 3.8) is 0 Å². The normalized spacial score (nSPS) is 22.2. The fourth-order valence-corrected chi connectivity index (χ4v) is 2.66. The summed E-state index contributed by atoms with van der Waals surface area (Å²) in [5, 5.41) is 5.99. The van der Waals surface area contributed by atoms with Gasteiger partial charge in [-0.05, 0) is 30.7 Å². The Kier molecular flexibility index (Phi) is 3.88. The lowest BCUT2D eigenvalue weighted by molar-refractivity contribution is -0.132. The minimum atomic E-state index is -0.622. The summed E-state index contributed by atoms with van der Waals surface area (Å²) in [6.45, 7) is 2.95. The molecule has 112 valence electrons. The van der Waals surface area contributed by atoms with E-state index < -0.39 is 5.92 Å². The van der Waals surface area contributed by atoms with Crippen molar-refractivity contribution in [2.24, 2.45) is 11.8 Å². The predicted molar refractivity (Wildman–Crippen MR) is 76.2 cm³/mol. The van der Waals surface area contributed by atoms with E-state index in [9.17, 15) is 14.0 Å². The van der Waals surface area contributed by atoms with E-state index in [1.165, 1.54) is 12.1 Å². The van der Waals surface area contributed by atoms with Gasteiger partial charge in [-0.2, -0.15) is 0 Å². The lowest BCUT2D eigenvalue weighted by Gasteiger charge is -2.27. The molecule has 1 unspecified atom stereocenters. The molecule has 0 radical (unpaired) electrons. The average molecular weight is 291 g/mol. The molecule has 0 aromatic heterocycles. The van der Waals surface area contributed by atoms with E-state index in [4.69, 9.17) is 0 Å². The van der Waals surface area contributed by atoms with Crippen LogP contribution in [0.4, 0.5) is 10.1 Å². The molecule has 0 saturated carbocycles. The zero-order valence-corrected chi connectivity index (χ0v) is 11.6. The third-order valence-electron chi connectivity index (χ3n) is 4.09. The molecule has 0 spiro atoms. The molecule has 0 bridgehead atoms. The predicted octanol–water partition coefficient (Wildman–Crippen LogP) is 0.514. The third kappa shape index (κ3) is 2.90. The van der Waals surface area contributed by atoms with Crippen LogP contribution < -0.4 is 15.5 Å². The van der Waals surface area contributed by atoms with Crippen molar-refractivity contribution in [3.05, 3.63) is 30.1 Å². The van der Waals surface area contributed by atoms with Crippen LogP contribution in [-0.4, -0.2) is 38.0 Å². The number of benzene rings is 1. The number of hydrogen-bond donors (Lipinski definition) is 2. The Morgan fingerprint density at radius 2 is 2.05 bits per heavy atom. The molecule has 2 aliphatic rings. The Labute approximate surface area is 122 Å². The van der Waals surface area contributed by atoms with E-state index >= 15 is 0 Å². The summed E-state index contributed by atoms with van der Waals surface area (Å²) in [6.07, 6.45) is 0.505. The first-order valence-electron chi connectivity index (χ1n) is 7.20. The molecule has 2 fully saturated rings. The summed E-state index contributed by atoms with van der Waals surface area (Å²) in [5.41, 5.74) is 0.639. The molecular formula is C15H18FN3O2. The highest BCUT2D eigenvalue weighted by Gasteiger charge is 2.37. The maximum atomic E-state index is 12.9. The first-order valence-corrected chi connectivity index (χ1v) is 7.20. The van der Waals surface area contributed by atoms with Gasteiger partial charge in [-0.1, -0.05) is 0 Å². The van der Waals surface area contributed by atoms with Crippen molar-refractivity contribution in [1.82, 2.24) is 10.6 Å². The van der Waals surface area contributed by atoms with E-state index in [1.807, 2.05) is 0 Å². The van der Waals surface area contributed by atoms with Crippen LogP contribution in [0.2, 0.25) is 0 Å². The second-order valence-electron chi connectivity index (χ2n) is 5.58. The van der Waals surface area contributed by atoms with Gasteiger partial charge >= 0.3 is 0 Å². The van der Waals surface area contributed by atoms with Gasteiger partial charge < -0.3 is 15.5 Å². The molecule has 5 nitrogen and oxygen atoms in total. The average Bonchev–Trinajstić information content (AvgIpc) is 2.80. The van der Waals surface area contributed by atoms with Gasteiger partial charge in [-0.25, -0.2) is 4.39 Å². The van der Waals surface area contributed by atoms with Crippen molar-refractivity contribution in [2.75, 3.05) is 31.1 Å². The summed E-state index contributed by atoms with van der Waals surface area (Å²) in [4.78, 5) is 26.0. The zero-order chi connectivity index (χ0) is 14.8. The Hall–Kier alpha value is -1.95. The second-order valence-corrected chi connectivity index (χ2v) is 5.58. The number of anilines is 1. The number of halogens is 1. The molecule has 21 heavy (non-hydrogen) atoms. The quantitative estimate of drug-likeness (QED) is 0.795. The number of hydrogen-bond acceptors (Lipinski definition) is 3. The van der Waals surface area contributed by atoms with Crippen LogP contribution in [0, 0.1) is 17.7 Å². The topological polar surface area (TPSA) is 61.4 Å². The van der Waals surface area contributed by atoms with Crippen molar-refractivity contribution in [1.29, 1.82) is 0 Å². The smallest absolute Gasteiger partial charge is 0.239 e. The minimum Gasteiger partial charge on any atom is -0.355 e. The third-order valence-corrected chi connectivity index (χ3v) is 4.09. The van der Waals surface area contributed by atoms with Crippen molar-refractivity contribution >= 4 is 17.5 Å². The highest BCUT2D eigenvalue weighted by atomic mass is 19.1. The van der Waals surface area contributed by atoms with E-state index in [1.54, 1.807) is 17.0 Å². The Balaban J connectivity index is 1.59. The van der Waals surface area contributed by atoms with Gasteiger partial charge in [-0.15, -0.1) is 0 Å². The van der Waals surface area contributed by atoms with Crippen LogP contribution in [-0.2, 0) is 9.59 Å². The number of carbonyl (C=O) groups is 2. The van der Waals surface area contributed by atoms with Gasteiger partial charge in [0.2, 0.25) is 11.8 Å². The number of amides is 2. The summed E-state index contributed by atoms with van der Waals surface area (Å²) in [5.74, 6) is -0.891. The van der Waals surface area contributed by atoms with Crippen LogP contribution in [0.5, 0.6) is 0 Å². The van der Waals surface area contributed by atoms with Gasteiger partial charge in [0, 0.05) is 37.8 Å². The summed E-state index contributed by atoms with van der Waals surface area (Å²) in [7, 11) is 0. The number of nitrogens with one attached hydrogen (secondary N) is 2. The minimum absolute atomic E-state index is 0.198. The molecule has 2 saturated heterocycles. The molecule has 2 aliphatic heterocycles.